The van der Waals surface area contributed by atoms with Gasteiger partial charge in [0.15, 0.2) is 0 Å². The normalized spacial score (nSPS) is 22.7. The first-order chi connectivity index (χ1) is 7.79. The van der Waals surface area contributed by atoms with Crippen molar-refractivity contribution in [1.82, 2.24) is 5.32 Å². The molecular weight excluding hydrogens is 194 g/mol. The summed E-state index contributed by atoms with van der Waals surface area (Å²) in [5.41, 5.74) is 0. The summed E-state index contributed by atoms with van der Waals surface area (Å²) in [4.78, 5) is 0. The van der Waals surface area contributed by atoms with E-state index in [1.165, 1.54) is 70.6 Å². The summed E-state index contributed by atoms with van der Waals surface area (Å²) in [5, 5.41) is 3.73. The van der Waals surface area contributed by atoms with E-state index >= 15 is 0 Å². The molecule has 1 nitrogen and oxygen atoms in total. The maximum atomic E-state index is 3.73. The van der Waals surface area contributed by atoms with E-state index in [1.807, 2.05) is 0 Å². The molecule has 16 heavy (non-hydrogen) atoms. The minimum absolute atomic E-state index is 0.651. The Morgan fingerprint density at radius 1 is 0.688 bits per heavy atom. The Bertz CT molecular complexity index is 142. The fourth-order valence-electron chi connectivity index (χ4n) is 2.80. The summed E-state index contributed by atoms with van der Waals surface area (Å²) >= 11 is 0. The first kappa shape index (κ1) is 14.0. The van der Waals surface area contributed by atoms with Gasteiger partial charge in [0.1, 0.15) is 0 Å². The lowest BCUT2D eigenvalue weighted by Gasteiger charge is -2.21. The van der Waals surface area contributed by atoms with Crippen molar-refractivity contribution in [2.75, 3.05) is 0 Å². The maximum absolute atomic E-state index is 3.73. The van der Waals surface area contributed by atoms with Crippen molar-refractivity contribution in [2.24, 2.45) is 0 Å². The van der Waals surface area contributed by atoms with Crippen LogP contribution in [0.25, 0.3) is 0 Å². The van der Waals surface area contributed by atoms with Crippen LogP contribution in [-0.4, -0.2) is 12.1 Å². The van der Waals surface area contributed by atoms with Gasteiger partial charge in [-0.3, -0.25) is 0 Å². The third-order valence-corrected chi connectivity index (χ3v) is 3.67. The van der Waals surface area contributed by atoms with Crippen LogP contribution in [0.15, 0.2) is 0 Å². The molecule has 0 saturated heterocycles. The molecule has 96 valence electrons. The van der Waals surface area contributed by atoms with Crippen LogP contribution in [0, 0.1) is 0 Å². The number of hydrogen-bond donors (Lipinski definition) is 1. The molecule has 1 saturated carbocycles. The van der Waals surface area contributed by atoms with Crippen molar-refractivity contribution >= 4 is 0 Å². The van der Waals surface area contributed by atoms with E-state index < -0.39 is 0 Å². The second-order valence-corrected chi connectivity index (χ2v) is 5.78. The van der Waals surface area contributed by atoms with Crippen LogP contribution in [-0.2, 0) is 0 Å². The van der Waals surface area contributed by atoms with Gasteiger partial charge in [-0.2, -0.15) is 0 Å². The fraction of sp³-hybridized carbons (Fsp3) is 1.00. The topological polar surface area (TPSA) is 12.0 Å². The van der Waals surface area contributed by atoms with Crippen molar-refractivity contribution < 1.29 is 0 Å². The molecular formula is C15H31N. The predicted molar refractivity (Wildman–Crippen MR) is 72.8 cm³/mol. The molecule has 0 amide bonds. The highest BCUT2D eigenvalue weighted by Crippen LogP contribution is 2.17. The zero-order valence-corrected chi connectivity index (χ0v) is 11.4. The van der Waals surface area contributed by atoms with E-state index in [2.05, 4.69) is 19.2 Å². The Morgan fingerprint density at radius 3 is 1.44 bits per heavy atom. The van der Waals surface area contributed by atoms with Crippen molar-refractivity contribution in [1.29, 1.82) is 0 Å². The summed E-state index contributed by atoms with van der Waals surface area (Å²) in [6.45, 7) is 4.55. The van der Waals surface area contributed by atoms with Crippen LogP contribution in [0.4, 0.5) is 0 Å². The molecule has 1 fully saturated rings. The van der Waals surface area contributed by atoms with E-state index in [4.69, 9.17) is 0 Å². The van der Waals surface area contributed by atoms with Gasteiger partial charge in [-0.15, -0.1) is 0 Å². The maximum Gasteiger partial charge on any atom is 0.00694 e. The zero-order valence-electron chi connectivity index (χ0n) is 11.4. The van der Waals surface area contributed by atoms with Gasteiger partial charge in [0.2, 0.25) is 0 Å². The summed E-state index contributed by atoms with van der Waals surface area (Å²) < 4.78 is 0. The van der Waals surface area contributed by atoms with Crippen LogP contribution in [0.1, 0.15) is 84.5 Å². The van der Waals surface area contributed by atoms with Crippen LogP contribution in [0.3, 0.4) is 0 Å². The molecule has 0 unspecified atom stereocenters. The minimum Gasteiger partial charge on any atom is -0.312 e. The summed E-state index contributed by atoms with van der Waals surface area (Å²) in [6, 6.07) is 1.44. The van der Waals surface area contributed by atoms with E-state index in [-0.39, 0.29) is 0 Å². The molecule has 1 rings (SSSR count). The van der Waals surface area contributed by atoms with Gasteiger partial charge in [-0.05, 0) is 12.8 Å². The Labute approximate surface area is 102 Å². The molecule has 0 radical (unpaired) electrons. The van der Waals surface area contributed by atoms with Crippen molar-refractivity contribution in [2.45, 2.75) is 96.6 Å². The number of nitrogens with one attached hydrogen (secondary N) is 1. The molecule has 0 spiro atoms. The first-order valence-electron chi connectivity index (χ1n) is 7.55. The minimum atomic E-state index is 0.651. The third kappa shape index (κ3) is 7.27. The zero-order chi connectivity index (χ0) is 11.6. The quantitative estimate of drug-likeness (QED) is 0.721. The average molecular weight is 225 g/mol. The second-order valence-electron chi connectivity index (χ2n) is 5.78. The Balaban J connectivity index is 2.24. The summed E-state index contributed by atoms with van der Waals surface area (Å²) in [7, 11) is 0. The molecule has 0 aromatic rings. The standard InChI is InChI=1S/C15H31N/c1-14(2)16-15-12-10-8-6-4-3-5-7-9-11-13-15/h14-16H,3-13H2,1-2H3. The van der Waals surface area contributed by atoms with E-state index in [0.29, 0.717) is 6.04 Å². The van der Waals surface area contributed by atoms with Crippen molar-refractivity contribution in [3.8, 4) is 0 Å². The van der Waals surface area contributed by atoms with Crippen molar-refractivity contribution in [3.63, 3.8) is 0 Å². The number of rotatable bonds is 2. The third-order valence-electron chi connectivity index (χ3n) is 3.67. The lowest BCUT2D eigenvalue weighted by atomic mass is 9.97. The average Bonchev–Trinajstić information content (AvgIpc) is 2.21. The van der Waals surface area contributed by atoms with E-state index in [9.17, 15) is 0 Å². The van der Waals surface area contributed by atoms with Gasteiger partial charge in [0.05, 0.1) is 0 Å². The van der Waals surface area contributed by atoms with Crippen LogP contribution in [0.2, 0.25) is 0 Å². The second kappa shape index (κ2) is 9.04. The lowest BCUT2D eigenvalue weighted by molar-refractivity contribution is 0.380. The van der Waals surface area contributed by atoms with E-state index in [1.54, 1.807) is 0 Å². The van der Waals surface area contributed by atoms with Gasteiger partial charge in [0.25, 0.3) is 0 Å². The number of hydrogen-bond acceptors (Lipinski definition) is 1. The van der Waals surface area contributed by atoms with Crippen LogP contribution in [0.5, 0.6) is 0 Å². The van der Waals surface area contributed by atoms with Gasteiger partial charge < -0.3 is 5.32 Å². The molecule has 1 aliphatic rings. The van der Waals surface area contributed by atoms with Crippen LogP contribution >= 0.6 is 0 Å². The van der Waals surface area contributed by atoms with Crippen molar-refractivity contribution in [3.05, 3.63) is 0 Å². The highest BCUT2D eigenvalue weighted by Gasteiger charge is 2.09. The smallest absolute Gasteiger partial charge is 0.00694 e. The SMILES string of the molecule is CC(C)NC1CCCCCCCCCCC1. The largest absolute Gasteiger partial charge is 0.312 e. The monoisotopic (exact) mass is 225 g/mol. The van der Waals surface area contributed by atoms with Gasteiger partial charge >= 0.3 is 0 Å². The predicted octanol–water partition coefficient (Wildman–Crippen LogP) is 4.66. The van der Waals surface area contributed by atoms with Crippen LogP contribution < -0.4 is 5.32 Å². The lowest BCUT2D eigenvalue weighted by Crippen LogP contribution is -2.34. The Hall–Kier alpha value is -0.0400. The van der Waals surface area contributed by atoms with Gasteiger partial charge in [-0.1, -0.05) is 71.6 Å². The highest BCUT2D eigenvalue weighted by molar-refractivity contribution is 4.70. The summed E-state index contributed by atoms with van der Waals surface area (Å²) in [5.74, 6) is 0. The molecule has 0 bridgehead atoms. The highest BCUT2D eigenvalue weighted by atomic mass is 14.9. The molecule has 0 aromatic carbocycles. The molecule has 1 heteroatoms. The van der Waals surface area contributed by atoms with E-state index in [0.717, 1.165) is 6.04 Å². The van der Waals surface area contributed by atoms with Gasteiger partial charge in [-0.25, -0.2) is 0 Å². The van der Waals surface area contributed by atoms with Gasteiger partial charge in [0, 0.05) is 12.1 Å². The molecule has 1 aliphatic carbocycles. The Kier molecular flexibility index (Phi) is 7.92. The molecule has 0 aliphatic heterocycles. The fourth-order valence-corrected chi connectivity index (χ4v) is 2.80. The molecule has 0 atom stereocenters. The molecule has 0 aromatic heterocycles. The first-order valence-corrected chi connectivity index (χ1v) is 7.55. The molecule has 0 heterocycles. The summed E-state index contributed by atoms with van der Waals surface area (Å²) in [6.07, 6.45) is 15.9. The molecule has 1 N–H and O–H groups in total. The Morgan fingerprint density at radius 2 is 1.06 bits per heavy atom.